The van der Waals surface area contributed by atoms with Crippen molar-refractivity contribution >= 4 is 25.4 Å². The molecule has 0 aromatic rings. The fourth-order valence-corrected chi connectivity index (χ4v) is 4.29. The van der Waals surface area contributed by atoms with Gasteiger partial charge in [-0.3, -0.25) is 33.2 Å². The summed E-state index contributed by atoms with van der Waals surface area (Å²) in [6.45, 7) is 3.09. The Balaban J connectivity index is 4.46. The molecule has 11 heteroatoms. The van der Waals surface area contributed by atoms with Crippen molar-refractivity contribution < 1.29 is 42.7 Å². The van der Waals surface area contributed by atoms with Crippen molar-refractivity contribution in [3.8, 4) is 0 Å². The Labute approximate surface area is 204 Å². The quantitative estimate of drug-likeness (QED) is 0.0498. The van der Waals surface area contributed by atoms with Crippen LogP contribution in [0.4, 0.5) is 0 Å². The van der Waals surface area contributed by atoms with Gasteiger partial charge >= 0.3 is 19.5 Å². The number of hydrogen-bond donors (Lipinski definition) is 1. The molecule has 0 unspecified atom stereocenters. The number of nitrogens with zero attached hydrogens (tertiary/aromatic N) is 1. The van der Waals surface area contributed by atoms with Crippen molar-refractivity contribution in [3.05, 3.63) is 0 Å². The van der Waals surface area contributed by atoms with Gasteiger partial charge in [-0.25, -0.2) is 5.06 Å². The van der Waals surface area contributed by atoms with Gasteiger partial charge in [0.15, 0.2) is 0 Å². The zero-order chi connectivity index (χ0) is 25.7. The number of carbonyl (C=O) groups excluding carboxylic acids is 3. The molecule has 0 saturated heterocycles. The molecule has 0 aromatic heterocycles. The van der Waals surface area contributed by atoms with Crippen LogP contribution < -0.4 is 0 Å². The molecule has 0 aromatic carbocycles. The van der Waals surface area contributed by atoms with Crippen molar-refractivity contribution in [1.29, 1.82) is 0 Å². The van der Waals surface area contributed by atoms with Crippen LogP contribution in [0, 0.1) is 0 Å². The summed E-state index contributed by atoms with van der Waals surface area (Å²) in [6.07, 6.45) is 10.2. The average Bonchev–Trinajstić information content (AvgIpc) is 2.78. The van der Waals surface area contributed by atoms with Crippen molar-refractivity contribution in [2.75, 3.05) is 26.8 Å². The second-order valence-corrected chi connectivity index (χ2v) is 10.4. The maximum atomic E-state index is 13.0. The predicted octanol–water partition coefficient (Wildman–Crippen LogP) is 5.56. The van der Waals surface area contributed by atoms with Crippen molar-refractivity contribution in [2.45, 2.75) is 104 Å². The van der Waals surface area contributed by atoms with Gasteiger partial charge in [0.25, 0.3) is 0 Å². The third kappa shape index (κ3) is 18.9. The highest BCUT2D eigenvalue weighted by atomic mass is 31.2. The minimum atomic E-state index is -3.81. The third-order valence-corrected chi connectivity index (χ3v) is 6.95. The van der Waals surface area contributed by atoms with Crippen LogP contribution in [0.5, 0.6) is 0 Å². The molecule has 0 heterocycles. The van der Waals surface area contributed by atoms with Crippen LogP contribution in [0.25, 0.3) is 0 Å². The van der Waals surface area contributed by atoms with Crippen LogP contribution in [0.3, 0.4) is 0 Å². The van der Waals surface area contributed by atoms with Gasteiger partial charge in [0.05, 0.1) is 6.16 Å². The highest BCUT2D eigenvalue weighted by Gasteiger charge is 2.26. The van der Waals surface area contributed by atoms with Crippen molar-refractivity contribution in [1.82, 2.24) is 5.06 Å². The highest BCUT2D eigenvalue weighted by molar-refractivity contribution is 7.53. The smallest absolute Gasteiger partial charge is 0.336 e. The van der Waals surface area contributed by atoms with Crippen molar-refractivity contribution in [2.24, 2.45) is 0 Å². The molecule has 0 spiro atoms. The van der Waals surface area contributed by atoms with Crippen molar-refractivity contribution in [3.63, 3.8) is 0 Å². The van der Waals surface area contributed by atoms with Gasteiger partial charge in [-0.2, -0.15) is 0 Å². The Bertz CT molecular complexity index is 577. The fraction of sp³-hybridized carbons (Fsp3) is 0.870. The number of carbonyl (C=O) groups is 3. The van der Waals surface area contributed by atoms with Crippen LogP contribution in [0.1, 0.15) is 104 Å². The normalized spacial score (nSPS) is 11.3. The molecule has 1 N–H and O–H groups in total. The van der Waals surface area contributed by atoms with E-state index in [0.717, 1.165) is 51.4 Å². The summed E-state index contributed by atoms with van der Waals surface area (Å²) in [5, 5.41) is 9.57. The molecule has 0 saturated carbocycles. The summed E-state index contributed by atoms with van der Waals surface area (Å²) < 4.78 is 33.4. The Kier molecular flexibility index (Phi) is 19.9. The summed E-state index contributed by atoms with van der Waals surface area (Å²) in [5.41, 5.74) is 0. The molecule has 0 aliphatic carbocycles. The first-order chi connectivity index (χ1) is 16.2. The standard InChI is InChI=1S/C23H44NO9P/c1-4-6-8-10-12-16-22(26)30-19-32-34(29,18-14-15-21(25)24(3)28)33-20-31-23(27)17-13-11-9-7-5-2/h28H,4-20H2,1-3H3. The van der Waals surface area contributed by atoms with E-state index in [2.05, 4.69) is 13.8 Å². The molecule has 0 atom stereocenters. The molecule has 10 nitrogen and oxygen atoms in total. The van der Waals surface area contributed by atoms with E-state index in [1.54, 1.807) is 0 Å². The molecular weight excluding hydrogens is 465 g/mol. The lowest BCUT2D eigenvalue weighted by molar-refractivity contribution is -0.159. The minimum absolute atomic E-state index is 0.0845. The van der Waals surface area contributed by atoms with Gasteiger partial charge < -0.3 is 9.47 Å². The van der Waals surface area contributed by atoms with Crippen LogP contribution in [0.15, 0.2) is 0 Å². The first-order valence-corrected chi connectivity index (χ1v) is 14.1. The number of hydroxylamine groups is 2. The summed E-state index contributed by atoms with van der Waals surface area (Å²) >= 11 is 0. The molecule has 200 valence electrons. The van der Waals surface area contributed by atoms with E-state index < -0.39 is 39.0 Å². The van der Waals surface area contributed by atoms with Gasteiger partial charge in [0, 0.05) is 26.3 Å². The zero-order valence-electron chi connectivity index (χ0n) is 21.1. The van der Waals surface area contributed by atoms with Gasteiger partial charge in [-0.1, -0.05) is 65.2 Å². The Morgan fingerprint density at radius 1 is 0.706 bits per heavy atom. The number of ether oxygens (including phenoxy) is 2. The summed E-state index contributed by atoms with van der Waals surface area (Å²) in [5.74, 6) is -1.49. The molecule has 1 amide bonds. The van der Waals surface area contributed by atoms with E-state index in [1.165, 1.54) is 7.05 Å². The molecule has 0 aliphatic heterocycles. The lowest BCUT2D eigenvalue weighted by Gasteiger charge is -2.18. The van der Waals surface area contributed by atoms with Crippen LogP contribution >= 0.6 is 7.60 Å². The van der Waals surface area contributed by atoms with E-state index >= 15 is 0 Å². The highest BCUT2D eigenvalue weighted by Crippen LogP contribution is 2.49. The predicted molar refractivity (Wildman–Crippen MR) is 127 cm³/mol. The fourth-order valence-electron chi connectivity index (χ4n) is 2.99. The lowest BCUT2D eigenvalue weighted by atomic mass is 10.1. The largest absolute Gasteiger partial charge is 0.438 e. The monoisotopic (exact) mass is 509 g/mol. The number of esters is 2. The molecule has 0 aliphatic rings. The van der Waals surface area contributed by atoms with Crippen LogP contribution in [0.2, 0.25) is 0 Å². The second-order valence-electron chi connectivity index (χ2n) is 8.21. The maximum Gasteiger partial charge on any atom is 0.336 e. The number of hydrogen-bond acceptors (Lipinski definition) is 9. The van der Waals surface area contributed by atoms with Gasteiger partial charge in [-0.15, -0.1) is 0 Å². The Hall–Kier alpha value is -1.48. The molecule has 34 heavy (non-hydrogen) atoms. The molecular formula is C23H44NO9P. The lowest BCUT2D eigenvalue weighted by Crippen LogP contribution is -2.22. The minimum Gasteiger partial charge on any atom is -0.438 e. The SMILES string of the molecule is CCCCCCCC(=O)OCOP(=O)(CCCC(=O)N(C)O)OCOC(=O)CCCCCCC. The Morgan fingerprint density at radius 2 is 1.15 bits per heavy atom. The maximum absolute atomic E-state index is 13.0. The zero-order valence-corrected chi connectivity index (χ0v) is 22.0. The number of amides is 1. The third-order valence-electron chi connectivity index (χ3n) is 5.09. The second kappa shape index (κ2) is 20.9. The van der Waals surface area contributed by atoms with E-state index in [4.69, 9.17) is 23.7 Å². The molecule has 0 rings (SSSR count). The molecule has 0 radical (unpaired) electrons. The van der Waals surface area contributed by atoms with E-state index in [-0.39, 0.29) is 31.8 Å². The number of rotatable bonds is 22. The first-order valence-electron chi connectivity index (χ1n) is 12.4. The summed E-state index contributed by atoms with van der Waals surface area (Å²) in [4.78, 5) is 35.2. The summed E-state index contributed by atoms with van der Waals surface area (Å²) in [7, 11) is -2.61. The van der Waals surface area contributed by atoms with E-state index in [0.29, 0.717) is 17.9 Å². The topological polar surface area (TPSA) is 129 Å². The van der Waals surface area contributed by atoms with Crippen LogP contribution in [-0.4, -0.2) is 54.9 Å². The van der Waals surface area contributed by atoms with Gasteiger partial charge in [-0.05, 0) is 19.3 Å². The molecule has 0 fully saturated rings. The summed E-state index contributed by atoms with van der Waals surface area (Å²) in [6, 6.07) is 0. The van der Waals surface area contributed by atoms with E-state index in [1.807, 2.05) is 0 Å². The van der Waals surface area contributed by atoms with Crippen LogP contribution in [-0.2, 0) is 37.5 Å². The average molecular weight is 510 g/mol. The van der Waals surface area contributed by atoms with E-state index in [9.17, 15) is 18.9 Å². The Morgan fingerprint density at radius 3 is 1.56 bits per heavy atom. The number of unbranched alkanes of at least 4 members (excludes halogenated alkanes) is 8. The van der Waals surface area contributed by atoms with Gasteiger partial charge in [0.1, 0.15) is 0 Å². The molecule has 0 bridgehead atoms. The first kappa shape index (κ1) is 32.5. The van der Waals surface area contributed by atoms with Gasteiger partial charge in [0.2, 0.25) is 19.5 Å².